The van der Waals surface area contributed by atoms with Crippen molar-refractivity contribution in [3.63, 3.8) is 0 Å². The molecule has 0 unspecified atom stereocenters. The second-order valence-electron chi connectivity index (χ2n) is 5.81. The van der Waals surface area contributed by atoms with Gasteiger partial charge < -0.3 is 10.1 Å². The van der Waals surface area contributed by atoms with E-state index in [1.54, 1.807) is 30.3 Å². The second-order valence-corrected chi connectivity index (χ2v) is 6.66. The van der Waals surface area contributed by atoms with Crippen LogP contribution in [0.3, 0.4) is 0 Å². The van der Waals surface area contributed by atoms with Crippen LogP contribution in [0.1, 0.15) is 34.1 Å². The first-order valence-corrected chi connectivity index (χ1v) is 9.15. The molecule has 1 amide bonds. The predicted octanol–water partition coefficient (Wildman–Crippen LogP) is 5.42. The Labute approximate surface area is 160 Å². The van der Waals surface area contributed by atoms with Crippen molar-refractivity contribution in [1.82, 2.24) is 0 Å². The molecule has 1 N–H and O–H groups in total. The van der Waals surface area contributed by atoms with Gasteiger partial charge in [0, 0.05) is 15.7 Å². The van der Waals surface area contributed by atoms with Gasteiger partial charge in [-0.2, -0.15) is 0 Å². The van der Waals surface area contributed by atoms with E-state index in [-0.39, 0.29) is 11.9 Å². The highest BCUT2D eigenvalue weighted by Crippen LogP contribution is 2.27. The fraction of sp³-hybridized carbons (Fsp3) is 0.143. The summed E-state index contributed by atoms with van der Waals surface area (Å²) in [6, 6.07) is 18.1. The Balaban J connectivity index is 1.78. The third-order valence-corrected chi connectivity index (χ3v) is 4.62. The maximum atomic E-state index is 12.7. The number of rotatable bonds is 5. The molecule has 5 heteroatoms. The van der Waals surface area contributed by atoms with Crippen molar-refractivity contribution in [2.45, 2.75) is 13.3 Å². The molecule has 0 aromatic heterocycles. The lowest BCUT2D eigenvalue weighted by Crippen LogP contribution is -2.12. The maximum absolute atomic E-state index is 12.7. The van der Waals surface area contributed by atoms with Crippen LogP contribution in [0.25, 0.3) is 10.8 Å². The molecule has 0 bridgehead atoms. The quantitative estimate of drug-likeness (QED) is 0.570. The lowest BCUT2D eigenvalue weighted by atomic mass is 10.0. The van der Waals surface area contributed by atoms with Crippen molar-refractivity contribution >= 4 is 44.3 Å². The Morgan fingerprint density at radius 2 is 1.65 bits per heavy atom. The van der Waals surface area contributed by atoms with Crippen LogP contribution in [0.15, 0.2) is 65.1 Å². The van der Waals surface area contributed by atoms with Crippen LogP contribution in [0.2, 0.25) is 0 Å². The van der Waals surface area contributed by atoms with Gasteiger partial charge in [-0.3, -0.25) is 4.79 Å². The van der Waals surface area contributed by atoms with E-state index < -0.39 is 0 Å². The van der Waals surface area contributed by atoms with Crippen LogP contribution in [0.4, 0.5) is 5.69 Å². The number of hydrogen-bond acceptors (Lipinski definition) is 3. The largest absolute Gasteiger partial charge is 0.462 e. The van der Waals surface area contributed by atoms with E-state index in [9.17, 15) is 9.59 Å². The highest BCUT2D eigenvalue weighted by atomic mass is 79.9. The molecule has 0 saturated carbocycles. The molecule has 3 aromatic carbocycles. The monoisotopic (exact) mass is 411 g/mol. The summed E-state index contributed by atoms with van der Waals surface area (Å²) in [5.74, 6) is -0.557. The smallest absolute Gasteiger partial charge is 0.338 e. The van der Waals surface area contributed by atoms with E-state index in [0.717, 1.165) is 21.7 Å². The number of esters is 1. The van der Waals surface area contributed by atoms with Gasteiger partial charge in [0.2, 0.25) is 0 Å². The first-order chi connectivity index (χ1) is 12.6. The van der Waals surface area contributed by atoms with E-state index in [1.807, 2.05) is 37.3 Å². The summed E-state index contributed by atoms with van der Waals surface area (Å²) in [6.45, 7) is 2.34. The maximum Gasteiger partial charge on any atom is 0.338 e. The molecule has 0 fully saturated rings. The third kappa shape index (κ3) is 3.94. The molecule has 0 aliphatic heterocycles. The second kappa shape index (κ2) is 8.15. The van der Waals surface area contributed by atoms with Gasteiger partial charge in [-0.05, 0) is 53.6 Å². The van der Waals surface area contributed by atoms with Gasteiger partial charge in [0.1, 0.15) is 0 Å². The molecule has 0 aliphatic carbocycles. The minimum atomic E-state index is -0.358. The number of fused-ring (bicyclic) bond motifs is 1. The Morgan fingerprint density at radius 1 is 0.962 bits per heavy atom. The molecule has 0 heterocycles. The van der Waals surface area contributed by atoms with Crippen molar-refractivity contribution in [2.24, 2.45) is 0 Å². The minimum Gasteiger partial charge on any atom is -0.462 e. The SMILES string of the molecule is CCCOC(=O)c1ccc(NC(=O)c2cccc3c(Br)cccc23)cc1. The first-order valence-electron chi connectivity index (χ1n) is 8.36. The van der Waals surface area contributed by atoms with Gasteiger partial charge in [0.05, 0.1) is 12.2 Å². The standard InChI is InChI=1S/C21H18BrNO3/c1-2-13-26-21(25)14-9-11-15(12-10-14)23-20(24)18-7-3-6-17-16(18)5-4-8-19(17)22/h3-12H,2,13H2,1H3,(H,23,24). The van der Waals surface area contributed by atoms with Gasteiger partial charge in [-0.1, -0.05) is 47.1 Å². The number of amides is 1. The summed E-state index contributed by atoms with van der Waals surface area (Å²) in [6.07, 6.45) is 0.779. The van der Waals surface area contributed by atoms with Crippen LogP contribution in [-0.2, 0) is 4.74 Å². The molecule has 0 aliphatic rings. The number of anilines is 1. The number of ether oxygens (including phenoxy) is 1. The Morgan fingerprint density at radius 3 is 2.38 bits per heavy atom. The Hall–Kier alpha value is -2.66. The molecule has 0 radical (unpaired) electrons. The van der Waals surface area contributed by atoms with Crippen molar-refractivity contribution in [3.05, 3.63) is 76.3 Å². The Bertz CT molecular complexity index is 951. The molecule has 4 nitrogen and oxygen atoms in total. The molecule has 3 aromatic rings. The zero-order chi connectivity index (χ0) is 18.5. The van der Waals surface area contributed by atoms with Crippen LogP contribution in [0, 0.1) is 0 Å². The van der Waals surface area contributed by atoms with Gasteiger partial charge in [0.25, 0.3) is 5.91 Å². The summed E-state index contributed by atoms with van der Waals surface area (Å²) in [4.78, 5) is 24.5. The molecule has 0 saturated heterocycles. The predicted molar refractivity (Wildman–Crippen MR) is 107 cm³/mol. The number of hydrogen-bond donors (Lipinski definition) is 1. The molecule has 132 valence electrons. The van der Waals surface area contributed by atoms with E-state index in [0.29, 0.717) is 23.4 Å². The van der Waals surface area contributed by atoms with E-state index in [1.165, 1.54) is 0 Å². The van der Waals surface area contributed by atoms with Gasteiger partial charge >= 0.3 is 5.97 Å². The highest BCUT2D eigenvalue weighted by Gasteiger charge is 2.12. The zero-order valence-electron chi connectivity index (χ0n) is 14.3. The summed E-state index contributed by atoms with van der Waals surface area (Å²) >= 11 is 3.51. The van der Waals surface area contributed by atoms with Crippen LogP contribution >= 0.6 is 15.9 Å². The van der Waals surface area contributed by atoms with E-state index in [2.05, 4.69) is 21.2 Å². The lowest BCUT2D eigenvalue weighted by Gasteiger charge is -2.10. The average Bonchev–Trinajstić information content (AvgIpc) is 2.66. The Kier molecular flexibility index (Phi) is 5.68. The number of halogens is 1. The van der Waals surface area contributed by atoms with Crippen molar-refractivity contribution in [3.8, 4) is 0 Å². The minimum absolute atomic E-state index is 0.199. The molecule has 0 atom stereocenters. The normalized spacial score (nSPS) is 10.5. The lowest BCUT2D eigenvalue weighted by molar-refractivity contribution is 0.0505. The van der Waals surface area contributed by atoms with E-state index in [4.69, 9.17) is 4.74 Å². The third-order valence-electron chi connectivity index (χ3n) is 3.93. The van der Waals surface area contributed by atoms with Gasteiger partial charge in [-0.15, -0.1) is 0 Å². The van der Waals surface area contributed by atoms with Gasteiger partial charge in [-0.25, -0.2) is 4.79 Å². The highest BCUT2D eigenvalue weighted by molar-refractivity contribution is 9.10. The van der Waals surface area contributed by atoms with Crippen LogP contribution in [-0.4, -0.2) is 18.5 Å². The summed E-state index contributed by atoms with van der Waals surface area (Å²) in [5.41, 5.74) is 1.68. The number of carbonyl (C=O) groups is 2. The summed E-state index contributed by atoms with van der Waals surface area (Å²) in [5, 5.41) is 4.73. The fourth-order valence-corrected chi connectivity index (χ4v) is 3.13. The molecule has 0 spiro atoms. The summed E-state index contributed by atoms with van der Waals surface area (Å²) < 4.78 is 6.04. The van der Waals surface area contributed by atoms with Crippen molar-refractivity contribution in [1.29, 1.82) is 0 Å². The van der Waals surface area contributed by atoms with Crippen molar-refractivity contribution < 1.29 is 14.3 Å². The van der Waals surface area contributed by atoms with E-state index >= 15 is 0 Å². The molecule has 26 heavy (non-hydrogen) atoms. The van der Waals surface area contributed by atoms with Crippen molar-refractivity contribution in [2.75, 3.05) is 11.9 Å². The van der Waals surface area contributed by atoms with Crippen LogP contribution < -0.4 is 5.32 Å². The number of carbonyl (C=O) groups excluding carboxylic acids is 2. The first kappa shape index (κ1) is 18.1. The summed E-state index contributed by atoms with van der Waals surface area (Å²) in [7, 11) is 0. The average molecular weight is 412 g/mol. The van der Waals surface area contributed by atoms with Crippen LogP contribution in [0.5, 0.6) is 0 Å². The number of nitrogens with one attached hydrogen (secondary N) is 1. The molecular weight excluding hydrogens is 394 g/mol. The zero-order valence-corrected chi connectivity index (χ0v) is 15.9. The molecular formula is C21H18BrNO3. The van der Waals surface area contributed by atoms with Gasteiger partial charge in [0.15, 0.2) is 0 Å². The molecule has 3 rings (SSSR count). The topological polar surface area (TPSA) is 55.4 Å². The fourth-order valence-electron chi connectivity index (χ4n) is 2.64. The number of benzene rings is 3.